The van der Waals surface area contributed by atoms with Gasteiger partial charge in [-0.25, -0.2) is 0 Å². The Labute approximate surface area is 91.6 Å². The number of nitrogens with two attached hydrogens (primary N) is 1. The van der Waals surface area contributed by atoms with Gasteiger partial charge in [-0.05, 0) is 37.6 Å². The summed E-state index contributed by atoms with van der Waals surface area (Å²) in [6, 6.07) is 8.36. The van der Waals surface area contributed by atoms with E-state index in [9.17, 15) is 0 Å². The van der Waals surface area contributed by atoms with Crippen molar-refractivity contribution < 1.29 is 4.74 Å². The van der Waals surface area contributed by atoms with Crippen LogP contribution in [0.15, 0.2) is 24.3 Å². The van der Waals surface area contributed by atoms with E-state index in [0.29, 0.717) is 0 Å². The highest BCUT2D eigenvalue weighted by molar-refractivity contribution is 5.26. The molecule has 0 bridgehead atoms. The summed E-state index contributed by atoms with van der Waals surface area (Å²) in [5.74, 6) is 0.898. The molecule has 84 valence electrons. The first kappa shape index (κ1) is 12.0. The van der Waals surface area contributed by atoms with Gasteiger partial charge in [0.1, 0.15) is 5.75 Å². The van der Waals surface area contributed by atoms with Gasteiger partial charge in [0.2, 0.25) is 0 Å². The molecule has 0 saturated heterocycles. The minimum absolute atomic E-state index is 0.272. The number of rotatable bonds is 6. The molecule has 1 unspecified atom stereocenters. The molecule has 15 heavy (non-hydrogen) atoms. The van der Waals surface area contributed by atoms with Crippen molar-refractivity contribution in [3.05, 3.63) is 29.8 Å². The van der Waals surface area contributed by atoms with Crippen LogP contribution in [-0.2, 0) is 6.54 Å². The molecule has 0 aliphatic heterocycles. The Hall–Kier alpha value is -1.06. The average molecular weight is 208 g/mol. The van der Waals surface area contributed by atoms with Gasteiger partial charge in [-0.1, -0.05) is 12.1 Å². The van der Waals surface area contributed by atoms with Crippen molar-refractivity contribution in [2.45, 2.75) is 25.9 Å². The van der Waals surface area contributed by atoms with E-state index in [2.05, 4.69) is 17.4 Å². The topological polar surface area (TPSA) is 47.3 Å². The first-order valence-electron chi connectivity index (χ1n) is 5.31. The lowest BCUT2D eigenvalue weighted by atomic mass is 10.2. The fraction of sp³-hybridized carbons (Fsp3) is 0.500. The zero-order chi connectivity index (χ0) is 11.1. The normalized spacial score (nSPS) is 12.5. The van der Waals surface area contributed by atoms with Crippen LogP contribution in [0, 0.1) is 0 Å². The summed E-state index contributed by atoms with van der Waals surface area (Å²) in [5, 5.41) is 3.35. The van der Waals surface area contributed by atoms with Gasteiger partial charge in [-0.2, -0.15) is 0 Å². The molecule has 0 heterocycles. The van der Waals surface area contributed by atoms with Crippen LogP contribution in [0.2, 0.25) is 0 Å². The van der Waals surface area contributed by atoms with Crippen LogP contribution in [0.25, 0.3) is 0 Å². The zero-order valence-corrected chi connectivity index (χ0v) is 9.49. The van der Waals surface area contributed by atoms with Crippen molar-refractivity contribution in [3.63, 3.8) is 0 Å². The molecule has 1 aromatic carbocycles. The van der Waals surface area contributed by atoms with Crippen molar-refractivity contribution in [1.29, 1.82) is 0 Å². The van der Waals surface area contributed by atoms with Crippen molar-refractivity contribution >= 4 is 0 Å². The third-order valence-corrected chi connectivity index (χ3v) is 2.26. The molecule has 3 nitrogen and oxygen atoms in total. The maximum Gasteiger partial charge on any atom is 0.118 e. The molecule has 0 fully saturated rings. The summed E-state index contributed by atoms with van der Waals surface area (Å²) in [6.07, 6.45) is 1.01. The fourth-order valence-corrected chi connectivity index (χ4v) is 1.31. The van der Waals surface area contributed by atoms with Crippen LogP contribution in [0.4, 0.5) is 0 Å². The summed E-state index contributed by atoms with van der Waals surface area (Å²) in [4.78, 5) is 0. The van der Waals surface area contributed by atoms with Crippen LogP contribution < -0.4 is 15.8 Å². The monoisotopic (exact) mass is 208 g/mol. The second-order valence-electron chi connectivity index (χ2n) is 3.79. The number of ether oxygens (including phenoxy) is 1. The quantitative estimate of drug-likeness (QED) is 0.697. The summed E-state index contributed by atoms with van der Waals surface area (Å²) >= 11 is 0. The lowest BCUT2D eigenvalue weighted by molar-refractivity contribution is 0.414. The van der Waals surface area contributed by atoms with E-state index in [1.54, 1.807) is 7.11 Å². The van der Waals surface area contributed by atoms with Crippen LogP contribution >= 0.6 is 0 Å². The minimum Gasteiger partial charge on any atom is -0.497 e. The standard InChI is InChI=1S/C12H20N2O/c1-10(13)7-8-14-9-11-3-5-12(15-2)6-4-11/h3-6,10,14H,7-9,13H2,1-2H3. The number of benzene rings is 1. The van der Waals surface area contributed by atoms with E-state index in [1.165, 1.54) is 5.56 Å². The third kappa shape index (κ3) is 4.81. The number of hydrogen-bond donors (Lipinski definition) is 2. The van der Waals surface area contributed by atoms with E-state index < -0.39 is 0 Å². The fourth-order valence-electron chi connectivity index (χ4n) is 1.31. The van der Waals surface area contributed by atoms with E-state index in [0.717, 1.165) is 25.3 Å². The largest absolute Gasteiger partial charge is 0.497 e. The second-order valence-corrected chi connectivity index (χ2v) is 3.79. The second kappa shape index (κ2) is 6.43. The van der Waals surface area contributed by atoms with Crippen molar-refractivity contribution in [3.8, 4) is 5.75 Å². The van der Waals surface area contributed by atoms with E-state index >= 15 is 0 Å². The SMILES string of the molecule is COc1ccc(CNCCC(C)N)cc1. The van der Waals surface area contributed by atoms with Crippen molar-refractivity contribution in [2.75, 3.05) is 13.7 Å². The molecule has 1 aromatic rings. The van der Waals surface area contributed by atoms with Gasteiger partial charge in [-0.3, -0.25) is 0 Å². The summed E-state index contributed by atoms with van der Waals surface area (Å²) in [5.41, 5.74) is 6.92. The first-order valence-corrected chi connectivity index (χ1v) is 5.31. The number of methoxy groups -OCH3 is 1. The highest BCUT2D eigenvalue weighted by atomic mass is 16.5. The number of nitrogens with one attached hydrogen (secondary N) is 1. The molecule has 0 saturated carbocycles. The predicted molar refractivity (Wildman–Crippen MR) is 63.0 cm³/mol. The van der Waals surface area contributed by atoms with Gasteiger partial charge in [-0.15, -0.1) is 0 Å². The minimum atomic E-state index is 0.272. The molecule has 0 aromatic heterocycles. The lowest BCUT2D eigenvalue weighted by Gasteiger charge is -2.07. The smallest absolute Gasteiger partial charge is 0.118 e. The molecule has 0 radical (unpaired) electrons. The zero-order valence-electron chi connectivity index (χ0n) is 9.49. The molecule has 0 aliphatic carbocycles. The highest BCUT2D eigenvalue weighted by Crippen LogP contribution is 2.10. The van der Waals surface area contributed by atoms with Gasteiger partial charge in [0.25, 0.3) is 0 Å². The predicted octanol–water partition coefficient (Wildman–Crippen LogP) is 1.52. The van der Waals surface area contributed by atoms with Gasteiger partial charge >= 0.3 is 0 Å². The Morgan fingerprint density at radius 1 is 1.33 bits per heavy atom. The highest BCUT2D eigenvalue weighted by Gasteiger charge is 1.95. The molecular weight excluding hydrogens is 188 g/mol. The van der Waals surface area contributed by atoms with Crippen LogP contribution in [-0.4, -0.2) is 19.7 Å². The summed E-state index contributed by atoms with van der Waals surface area (Å²) < 4.78 is 5.09. The van der Waals surface area contributed by atoms with Gasteiger partial charge in [0, 0.05) is 12.6 Å². The molecule has 3 heteroatoms. The average Bonchev–Trinajstić information content (AvgIpc) is 2.25. The molecule has 1 atom stereocenters. The van der Waals surface area contributed by atoms with Crippen molar-refractivity contribution in [2.24, 2.45) is 5.73 Å². The molecular formula is C12H20N2O. The van der Waals surface area contributed by atoms with Crippen LogP contribution in [0.5, 0.6) is 5.75 Å². The maximum atomic E-state index is 5.65. The maximum absolute atomic E-state index is 5.65. The van der Waals surface area contributed by atoms with Gasteiger partial charge in [0.05, 0.1) is 7.11 Å². The summed E-state index contributed by atoms with van der Waals surface area (Å²) in [6.45, 7) is 3.87. The lowest BCUT2D eigenvalue weighted by Crippen LogP contribution is -2.23. The molecule has 1 rings (SSSR count). The molecule has 0 spiro atoms. The van der Waals surface area contributed by atoms with Crippen LogP contribution in [0.3, 0.4) is 0 Å². The Morgan fingerprint density at radius 2 is 2.00 bits per heavy atom. The van der Waals surface area contributed by atoms with E-state index in [4.69, 9.17) is 10.5 Å². The van der Waals surface area contributed by atoms with Crippen LogP contribution in [0.1, 0.15) is 18.9 Å². The Balaban J connectivity index is 2.25. The van der Waals surface area contributed by atoms with Crippen molar-refractivity contribution in [1.82, 2.24) is 5.32 Å². The molecule has 3 N–H and O–H groups in total. The van der Waals surface area contributed by atoms with E-state index in [-0.39, 0.29) is 6.04 Å². The van der Waals surface area contributed by atoms with E-state index in [1.807, 2.05) is 19.1 Å². The Kier molecular flexibility index (Phi) is 5.15. The molecule has 0 amide bonds. The first-order chi connectivity index (χ1) is 7.22. The van der Waals surface area contributed by atoms with Gasteiger partial charge in [0.15, 0.2) is 0 Å². The number of hydrogen-bond acceptors (Lipinski definition) is 3. The van der Waals surface area contributed by atoms with Gasteiger partial charge < -0.3 is 15.8 Å². The Morgan fingerprint density at radius 3 is 2.53 bits per heavy atom. The third-order valence-electron chi connectivity index (χ3n) is 2.26. The Bertz CT molecular complexity index is 269. The summed E-state index contributed by atoms with van der Waals surface area (Å²) in [7, 11) is 1.68. The molecule has 0 aliphatic rings.